The molecule has 1 aromatic carbocycles. The first kappa shape index (κ1) is 12.8. The highest BCUT2D eigenvalue weighted by Gasteiger charge is 2.75. The van der Waals surface area contributed by atoms with E-state index in [2.05, 4.69) is 39.3 Å². The van der Waals surface area contributed by atoms with Crippen molar-refractivity contribution in [2.75, 3.05) is 0 Å². The molecule has 23 heavy (non-hydrogen) atoms. The van der Waals surface area contributed by atoms with Crippen LogP contribution in [0.1, 0.15) is 30.5 Å². The molecule has 3 aromatic rings. The van der Waals surface area contributed by atoms with Crippen LogP contribution in [0.3, 0.4) is 0 Å². The van der Waals surface area contributed by atoms with Crippen molar-refractivity contribution in [3.05, 3.63) is 48.0 Å². The van der Waals surface area contributed by atoms with Crippen LogP contribution in [0.2, 0.25) is 0 Å². The lowest BCUT2D eigenvalue weighted by molar-refractivity contribution is 0.737. The largest absolute Gasteiger partial charge is 0.242 e. The molecule has 0 N–H and O–H groups in total. The zero-order valence-corrected chi connectivity index (χ0v) is 12.8. The Kier molecular flexibility index (Phi) is 2.20. The van der Waals surface area contributed by atoms with Crippen LogP contribution in [0.15, 0.2) is 36.8 Å². The zero-order chi connectivity index (χ0) is 15.7. The molecule has 2 saturated carbocycles. The maximum atomic E-state index is 9.74. The average Bonchev–Trinajstić information content (AvgIpc) is 3.44. The van der Waals surface area contributed by atoms with Crippen LogP contribution in [0, 0.1) is 23.7 Å². The van der Waals surface area contributed by atoms with Crippen molar-refractivity contribution >= 4 is 10.9 Å². The molecule has 0 radical (unpaired) electrons. The Labute approximate surface area is 133 Å². The summed E-state index contributed by atoms with van der Waals surface area (Å²) >= 11 is 0. The fourth-order valence-corrected chi connectivity index (χ4v) is 3.87. The standard InChI is InChI=1S/C18H15N5/c1-12-6-16(21-11-20-12)23-15-7-14(3-2-13(15)8-22-23)18(10-19)9-17(18)4-5-17/h2-3,6-8,11H,4-5,9H2,1H3/t18-/m1/s1. The fraction of sp³-hybridized carbons (Fsp3) is 0.333. The van der Waals surface area contributed by atoms with Crippen molar-refractivity contribution in [3.63, 3.8) is 0 Å². The minimum absolute atomic E-state index is 0.270. The van der Waals surface area contributed by atoms with Crippen LogP contribution < -0.4 is 0 Å². The second-order valence-electron chi connectivity index (χ2n) is 6.82. The van der Waals surface area contributed by atoms with E-state index < -0.39 is 0 Å². The maximum Gasteiger partial charge on any atom is 0.157 e. The average molecular weight is 301 g/mol. The van der Waals surface area contributed by atoms with E-state index in [4.69, 9.17) is 0 Å². The Bertz CT molecular complexity index is 992. The molecule has 0 aliphatic heterocycles. The van der Waals surface area contributed by atoms with Gasteiger partial charge in [-0.3, -0.25) is 0 Å². The van der Waals surface area contributed by atoms with Gasteiger partial charge in [0.25, 0.3) is 0 Å². The Hall–Kier alpha value is -2.74. The van der Waals surface area contributed by atoms with Crippen LogP contribution in [0.4, 0.5) is 0 Å². The van der Waals surface area contributed by atoms with Gasteiger partial charge in [0.05, 0.1) is 23.2 Å². The number of hydrogen-bond acceptors (Lipinski definition) is 4. The first-order valence-corrected chi connectivity index (χ1v) is 7.86. The van der Waals surface area contributed by atoms with Gasteiger partial charge in [-0.1, -0.05) is 12.1 Å². The molecule has 2 aromatic heterocycles. The van der Waals surface area contributed by atoms with E-state index in [1.807, 2.05) is 23.9 Å². The van der Waals surface area contributed by atoms with Gasteiger partial charge in [0.2, 0.25) is 0 Å². The van der Waals surface area contributed by atoms with Crippen molar-refractivity contribution in [2.24, 2.45) is 5.41 Å². The summed E-state index contributed by atoms with van der Waals surface area (Å²) in [6.45, 7) is 1.94. The van der Waals surface area contributed by atoms with E-state index in [1.165, 1.54) is 12.8 Å². The summed E-state index contributed by atoms with van der Waals surface area (Å²) in [6.07, 6.45) is 6.77. The monoisotopic (exact) mass is 301 g/mol. The predicted octanol–water partition coefficient (Wildman–Crippen LogP) is 3.07. The minimum Gasteiger partial charge on any atom is -0.242 e. The zero-order valence-electron chi connectivity index (χ0n) is 12.8. The lowest BCUT2D eigenvalue weighted by atomic mass is 9.93. The molecule has 2 heterocycles. The molecule has 5 rings (SSSR count). The van der Waals surface area contributed by atoms with Crippen molar-refractivity contribution in [3.8, 4) is 11.9 Å². The van der Waals surface area contributed by atoms with Crippen LogP contribution in [-0.2, 0) is 5.41 Å². The van der Waals surface area contributed by atoms with Crippen LogP contribution in [0.5, 0.6) is 0 Å². The summed E-state index contributed by atoms with van der Waals surface area (Å²) in [5.74, 6) is 0.757. The van der Waals surface area contributed by atoms with Crippen molar-refractivity contribution in [1.29, 1.82) is 5.26 Å². The lowest BCUT2D eigenvalue weighted by Crippen LogP contribution is -2.08. The molecule has 1 atom stereocenters. The van der Waals surface area contributed by atoms with Gasteiger partial charge in [0, 0.05) is 17.1 Å². The van der Waals surface area contributed by atoms with Crippen LogP contribution in [-0.4, -0.2) is 19.7 Å². The van der Waals surface area contributed by atoms with Crippen molar-refractivity contribution in [1.82, 2.24) is 19.7 Å². The van der Waals surface area contributed by atoms with E-state index in [9.17, 15) is 5.26 Å². The number of nitrogens with zero attached hydrogens (tertiary/aromatic N) is 5. The number of fused-ring (bicyclic) bond motifs is 1. The Balaban J connectivity index is 1.69. The minimum atomic E-state index is -0.280. The maximum absolute atomic E-state index is 9.74. The third-order valence-corrected chi connectivity index (χ3v) is 5.50. The van der Waals surface area contributed by atoms with E-state index in [0.717, 1.165) is 34.4 Å². The summed E-state index contributed by atoms with van der Waals surface area (Å²) in [7, 11) is 0. The predicted molar refractivity (Wildman–Crippen MR) is 85.0 cm³/mol. The van der Waals surface area contributed by atoms with Gasteiger partial charge in [-0.2, -0.15) is 10.4 Å². The molecule has 1 spiro atoms. The van der Waals surface area contributed by atoms with Gasteiger partial charge in [-0.25, -0.2) is 14.6 Å². The number of hydrogen-bond donors (Lipinski definition) is 0. The van der Waals surface area contributed by atoms with E-state index in [1.54, 1.807) is 6.33 Å². The first-order valence-electron chi connectivity index (χ1n) is 7.86. The summed E-state index contributed by atoms with van der Waals surface area (Å²) in [4.78, 5) is 8.47. The smallest absolute Gasteiger partial charge is 0.157 e. The fourth-order valence-electron chi connectivity index (χ4n) is 3.87. The Morgan fingerprint density at radius 2 is 2.09 bits per heavy atom. The quantitative estimate of drug-likeness (QED) is 0.729. The topological polar surface area (TPSA) is 67.4 Å². The van der Waals surface area contributed by atoms with Crippen molar-refractivity contribution < 1.29 is 0 Å². The molecule has 2 aliphatic rings. The number of benzene rings is 1. The number of aromatic nitrogens is 4. The van der Waals surface area contributed by atoms with E-state index >= 15 is 0 Å². The van der Waals surface area contributed by atoms with Gasteiger partial charge in [-0.15, -0.1) is 0 Å². The Morgan fingerprint density at radius 1 is 1.22 bits per heavy atom. The lowest BCUT2D eigenvalue weighted by Gasteiger charge is -2.10. The highest BCUT2D eigenvalue weighted by atomic mass is 15.3. The molecule has 0 bridgehead atoms. The van der Waals surface area contributed by atoms with Gasteiger partial charge in [0.1, 0.15) is 6.33 Å². The summed E-state index contributed by atoms with van der Waals surface area (Å²) in [5, 5.41) is 15.3. The van der Waals surface area contributed by atoms with Gasteiger partial charge >= 0.3 is 0 Å². The third kappa shape index (κ3) is 1.58. The number of nitriles is 1. The number of aryl methyl sites for hydroxylation is 1. The van der Waals surface area contributed by atoms with E-state index in [0.29, 0.717) is 0 Å². The SMILES string of the molecule is Cc1cc(-n2ncc3ccc([C@]4(C#N)CC45CC5)cc32)ncn1. The first-order chi connectivity index (χ1) is 11.2. The molecule has 0 unspecified atom stereocenters. The molecular formula is C18H15N5. The third-order valence-electron chi connectivity index (χ3n) is 5.50. The molecule has 5 nitrogen and oxygen atoms in total. The molecule has 5 heteroatoms. The second-order valence-corrected chi connectivity index (χ2v) is 6.82. The molecule has 0 saturated heterocycles. The molecule has 0 amide bonds. The van der Waals surface area contributed by atoms with Gasteiger partial charge in [0.15, 0.2) is 5.82 Å². The molecule has 2 aliphatic carbocycles. The van der Waals surface area contributed by atoms with Crippen LogP contribution in [0.25, 0.3) is 16.7 Å². The Morgan fingerprint density at radius 3 is 2.78 bits per heavy atom. The molecular weight excluding hydrogens is 286 g/mol. The van der Waals surface area contributed by atoms with Crippen molar-refractivity contribution in [2.45, 2.75) is 31.6 Å². The summed E-state index contributed by atoms with van der Waals surface area (Å²) < 4.78 is 1.83. The molecule has 112 valence electrons. The van der Waals surface area contributed by atoms with Gasteiger partial charge < -0.3 is 0 Å². The summed E-state index contributed by atoms with van der Waals surface area (Å²) in [6, 6.07) is 10.8. The molecule has 2 fully saturated rings. The van der Waals surface area contributed by atoms with Crippen LogP contribution >= 0.6 is 0 Å². The second kappa shape index (κ2) is 3.96. The highest BCUT2D eigenvalue weighted by Crippen LogP contribution is 2.78. The van der Waals surface area contributed by atoms with Gasteiger partial charge in [-0.05, 0) is 43.2 Å². The normalized spacial score (nSPS) is 23.8. The highest BCUT2D eigenvalue weighted by molar-refractivity contribution is 5.81. The number of rotatable bonds is 2. The van der Waals surface area contributed by atoms with E-state index in [-0.39, 0.29) is 10.8 Å². The summed E-state index contributed by atoms with van der Waals surface area (Å²) in [5.41, 5.74) is 3.02.